The number of fused-ring (bicyclic) bond motifs is 8. The number of rotatable bonds is 22. The molecule has 14 heterocycles. The molecular weight excluding hydrogens is 1640 g/mol. The van der Waals surface area contributed by atoms with E-state index in [0.717, 1.165) is 248 Å². The van der Waals surface area contributed by atoms with Crippen molar-refractivity contribution in [2.45, 2.75) is 146 Å². The van der Waals surface area contributed by atoms with E-state index in [9.17, 15) is 27.2 Å². The molecule has 0 atom stereocenters. The highest BCUT2D eigenvalue weighted by Crippen LogP contribution is 2.48. The third-order valence-electron chi connectivity index (χ3n) is 26.9. The van der Waals surface area contributed by atoms with Crippen LogP contribution in [0.3, 0.4) is 0 Å². The molecule has 8 aromatic carbocycles. The summed E-state index contributed by atoms with van der Waals surface area (Å²) in [5.41, 5.74) is 33.6. The standard InChI is InChI=1S/C26H26FN5O.C26H27FN4O2.C25H25FN6O.C23H23FN4O2/c27-20-3-5-21(6-4-20)32-25-14-19-16-29-30-24(19)15-23(25)22(2-1-10-31-11-9-28-17-31)26(32)18-7-12-33-13-8-18;27-19-1-3-20(4-2-19)31-24-12-18-14-29-30-23(18)13-21(24)22(11-15-9-17(10-15)26(28)32)25(31)16-5-7-33-8-6-16;26-19-3-5-20(6-4-19)32-24-12-18-14-28-30-23(18)13-22(24)21(2-1-9-31-16-27-15-29-31)25(32)17-7-10-33-11-8-17;24-16-1-3-17(4-2-16)28-21-11-15-13-26-27-20(15)12-19(21)18(5-6-22(25)29)23(28)14-7-9-30-10-8-14/h3-6,9,11,14-18H,1-2,7-8,10,12-13H2,(H,29,30);1-4,12-17H,5-11H2,(H2,28,32)(H,29,30);3-6,12-17H,1-2,7-11H2,(H,28,30);1-4,11-14H,5-10H2,(H2,25,29)(H,26,27). The Balaban J connectivity index is 0.000000108. The van der Waals surface area contributed by atoms with Crippen LogP contribution in [0.5, 0.6) is 0 Å². The van der Waals surface area contributed by atoms with Crippen LogP contribution in [0.15, 0.2) is 202 Å². The van der Waals surface area contributed by atoms with Gasteiger partial charge in [0, 0.05) is 203 Å². The summed E-state index contributed by atoms with van der Waals surface area (Å²) in [7, 11) is 0. The maximum atomic E-state index is 13.8. The molecule has 0 bridgehead atoms. The number of hydrogen-bond donors (Lipinski definition) is 6. The van der Waals surface area contributed by atoms with Gasteiger partial charge >= 0.3 is 0 Å². The van der Waals surface area contributed by atoms with Gasteiger partial charge in [0.2, 0.25) is 11.8 Å². The zero-order chi connectivity index (χ0) is 87.6. The average Bonchev–Trinajstić information content (AvgIpc) is 1.60. The lowest BCUT2D eigenvalue weighted by molar-refractivity contribution is -0.125. The summed E-state index contributed by atoms with van der Waals surface area (Å²) in [4.78, 5) is 31.5. The van der Waals surface area contributed by atoms with E-state index in [4.69, 9.17) is 30.4 Å². The van der Waals surface area contributed by atoms with Gasteiger partial charge in [0.1, 0.15) is 35.9 Å². The number of halogens is 4. The fourth-order valence-corrected chi connectivity index (χ4v) is 20.6. The number of nitrogens with one attached hydrogen (secondary N) is 4. The molecule has 660 valence electrons. The molecule has 2 amide bonds. The maximum absolute atomic E-state index is 13.8. The van der Waals surface area contributed by atoms with Crippen molar-refractivity contribution in [2.24, 2.45) is 23.3 Å². The highest BCUT2D eigenvalue weighted by atomic mass is 19.1. The number of nitrogens with two attached hydrogens (primary N) is 2. The van der Waals surface area contributed by atoms with Gasteiger partial charge in [-0.15, -0.1) is 0 Å². The molecule has 0 unspecified atom stereocenters. The van der Waals surface area contributed by atoms with Gasteiger partial charge < -0.3 is 53.3 Å². The van der Waals surface area contributed by atoms with Crippen molar-refractivity contribution in [3.05, 3.63) is 270 Å². The Hall–Kier alpha value is -13.4. The predicted octanol–water partition coefficient (Wildman–Crippen LogP) is 18.7. The molecule has 5 fully saturated rings. The molecule has 5 aliphatic rings. The minimum atomic E-state index is -0.321. The van der Waals surface area contributed by atoms with Crippen LogP contribution in [0.1, 0.15) is 152 Å². The van der Waals surface area contributed by atoms with Gasteiger partial charge in [0.25, 0.3) is 0 Å². The Labute approximate surface area is 739 Å². The van der Waals surface area contributed by atoms with Crippen LogP contribution in [0.4, 0.5) is 17.6 Å². The molecule has 0 spiro atoms. The van der Waals surface area contributed by atoms with Gasteiger partial charge in [-0.05, 0) is 276 Å². The summed E-state index contributed by atoms with van der Waals surface area (Å²) in [6.45, 7) is 7.69. The molecule has 8 N–H and O–H groups in total. The molecule has 4 saturated heterocycles. The molecule has 1 saturated carbocycles. The van der Waals surface area contributed by atoms with Crippen LogP contribution >= 0.6 is 0 Å². The molecule has 29 heteroatoms. The minimum absolute atomic E-state index is 0.00806. The highest BCUT2D eigenvalue weighted by molar-refractivity contribution is 6.02. The van der Waals surface area contributed by atoms with E-state index < -0.39 is 0 Å². The summed E-state index contributed by atoms with van der Waals surface area (Å²) in [5.74, 6) is 0.379. The SMILES string of the molecule is Fc1ccc(-n2c(C3CCOCC3)c(CCCn3ccnc3)c3cc4[nH]ncc4cc32)cc1.Fc1ccc(-n2c(C3CCOCC3)c(CCCn3cncn3)c3cc4[nH]ncc4cc32)cc1.NC(=O)C1CC(Cc2c(C3CCOCC3)n(-c3ccc(F)cc3)c3cc4cn[nH]c4cc23)C1.NC(=O)CCc1c(C2CCOCC2)n(-c2ccc(F)cc2)c2cc3cn[nH]c3cc12. The minimum Gasteiger partial charge on any atom is -0.381 e. The first kappa shape index (κ1) is 83.8. The molecule has 10 aromatic heterocycles. The molecular formula is C100H101F4N19O6. The number of aromatic nitrogens is 17. The fourth-order valence-electron chi connectivity index (χ4n) is 20.6. The lowest BCUT2D eigenvalue weighted by Crippen LogP contribution is -2.36. The first-order valence-electron chi connectivity index (χ1n) is 45.0. The van der Waals surface area contributed by atoms with Crippen LogP contribution in [-0.4, -0.2) is 148 Å². The molecule has 18 aromatic rings. The predicted molar refractivity (Wildman–Crippen MR) is 488 cm³/mol. The Morgan fingerprint density at radius 2 is 0.736 bits per heavy atom. The normalized spacial score (nSPS) is 16.7. The Bertz CT molecular complexity index is 6760. The lowest BCUT2D eigenvalue weighted by atomic mass is 9.71. The van der Waals surface area contributed by atoms with Crippen LogP contribution < -0.4 is 11.5 Å². The van der Waals surface area contributed by atoms with Crippen molar-refractivity contribution in [1.82, 2.24) is 83.4 Å². The van der Waals surface area contributed by atoms with Gasteiger partial charge in [0.05, 0.1) is 75.2 Å². The summed E-state index contributed by atoms with van der Waals surface area (Å²) in [6.07, 6.45) is 31.3. The second kappa shape index (κ2) is 37.2. The van der Waals surface area contributed by atoms with E-state index in [-0.39, 0.29) is 53.3 Å². The van der Waals surface area contributed by atoms with Crippen LogP contribution in [-0.2, 0) is 67.3 Å². The van der Waals surface area contributed by atoms with Gasteiger partial charge in [-0.2, -0.15) is 25.5 Å². The first-order valence-corrected chi connectivity index (χ1v) is 45.0. The average molecular weight is 1740 g/mol. The van der Waals surface area contributed by atoms with Crippen molar-refractivity contribution in [1.29, 1.82) is 0 Å². The number of imidazole rings is 1. The number of carbonyl (C=O) groups excluding carboxylic acids is 2. The van der Waals surface area contributed by atoms with Crippen LogP contribution in [0.25, 0.3) is 110 Å². The number of aromatic amines is 4. The van der Waals surface area contributed by atoms with Crippen LogP contribution in [0, 0.1) is 35.1 Å². The Morgan fingerprint density at radius 3 is 1.05 bits per heavy atom. The Kier molecular flexibility index (Phi) is 24.1. The third-order valence-corrected chi connectivity index (χ3v) is 26.9. The van der Waals surface area contributed by atoms with E-state index in [0.29, 0.717) is 43.3 Å². The number of amides is 2. The van der Waals surface area contributed by atoms with Gasteiger partial charge in [-0.25, -0.2) is 27.5 Å². The third kappa shape index (κ3) is 17.3. The number of benzene rings is 8. The lowest BCUT2D eigenvalue weighted by Gasteiger charge is -2.34. The number of ether oxygens (including phenoxy) is 4. The van der Waals surface area contributed by atoms with Crippen molar-refractivity contribution >= 4 is 99.0 Å². The maximum Gasteiger partial charge on any atom is 0.220 e. The summed E-state index contributed by atoms with van der Waals surface area (Å²) < 4.78 is 90.9. The monoisotopic (exact) mass is 1740 g/mol. The van der Waals surface area contributed by atoms with Crippen molar-refractivity contribution < 1.29 is 46.1 Å². The second-order valence-corrected chi connectivity index (χ2v) is 34.8. The smallest absolute Gasteiger partial charge is 0.220 e. The molecule has 1 aliphatic carbocycles. The Morgan fingerprint density at radius 1 is 0.403 bits per heavy atom. The van der Waals surface area contributed by atoms with Crippen molar-refractivity contribution in [3.8, 4) is 22.7 Å². The first-order chi connectivity index (χ1) is 63.2. The quantitative estimate of drug-likeness (QED) is 0.0344. The molecule has 25 nitrogen and oxygen atoms in total. The van der Waals surface area contributed by atoms with Gasteiger partial charge in [-0.1, -0.05) is 0 Å². The molecule has 4 aliphatic heterocycles. The van der Waals surface area contributed by atoms with E-state index in [1.807, 2.05) is 78.4 Å². The topological polar surface area (TPSA) is 306 Å². The second-order valence-electron chi connectivity index (χ2n) is 34.8. The van der Waals surface area contributed by atoms with Gasteiger partial charge in [0.15, 0.2) is 0 Å². The molecule has 129 heavy (non-hydrogen) atoms. The van der Waals surface area contributed by atoms with Crippen molar-refractivity contribution in [2.75, 3.05) is 52.9 Å². The van der Waals surface area contributed by atoms with E-state index in [1.165, 1.54) is 92.0 Å². The zero-order valence-electron chi connectivity index (χ0n) is 71.5. The zero-order valence-corrected chi connectivity index (χ0v) is 71.5. The summed E-state index contributed by atoms with van der Waals surface area (Å²) in [5, 5.41) is 42.4. The summed E-state index contributed by atoms with van der Waals surface area (Å²) >= 11 is 0. The van der Waals surface area contributed by atoms with E-state index in [2.05, 4.69) is 127 Å². The largest absolute Gasteiger partial charge is 0.381 e. The number of nitrogens with zero attached hydrogens (tertiary/aromatic N) is 13. The number of carbonyl (C=O) groups is 2. The fraction of sp³-hybridized carbons (Fsp3) is 0.330. The molecule has 0 radical (unpaired) electrons. The van der Waals surface area contributed by atoms with Gasteiger partial charge in [-0.3, -0.25) is 34.7 Å². The number of hydrogen-bond acceptors (Lipinski definition) is 13. The van der Waals surface area contributed by atoms with Crippen LogP contribution in [0.2, 0.25) is 0 Å². The number of H-pyrrole nitrogens is 4. The number of aryl methyl sites for hydroxylation is 5. The highest BCUT2D eigenvalue weighted by Gasteiger charge is 2.38. The van der Waals surface area contributed by atoms with E-state index >= 15 is 0 Å². The molecule has 23 rings (SSSR count). The van der Waals surface area contributed by atoms with E-state index in [1.54, 1.807) is 43.1 Å². The summed E-state index contributed by atoms with van der Waals surface area (Å²) in [6, 6.07) is 44.4. The number of primary amides is 2. The van der Waals surface area contributed by atoms with Crippen molar-refractivity contribution in [3.63, 3.8) is 0 Å².